The van der Waals surface area contributed by atoms with Gasteiger partial charge in [0.1, 0.15) is 12.0 Å². The lowest BCUT2D eigenvalue weighted by molar-refractivity contribution is 0.271. The van der Waals surface area contributed by atoms with Crippen molar-refractivity contribution < 1.29 is 4.42 Å². The molecule has 2 aromatic heterocycles. The maximum absolute atomic E-state index is 12.9. The van der Waals surface area contributed by atoms with E-state index in [0.29, 0.717) is 17.1 Å². The Kier molecular flexibility index (Phi) is 5.42. The number of oxazole rings is 1. The van der Waals surface area contributed by atoms with E-state index in [4.69, 9.17) is 4.42 Å². The van der Waals surface area contributed by atoms with Gasteiger partial charge in [0, 0.05) is 44.4 Å². The van der Waals surface area contributed by atoms with Crippen LogP contribution >= 0.6 is 0 Å². The Labute approximate surface area is 153 Å². The lowest BCUT2D eigenvalue weighted by Crippen LogP contribution is -2.47. The lowest BCUT2D eigenvalue weighted by Gasteiger charge is -2.37. The number of aromatic nitrogens is 2. The Morgan fingerprint density at radius 3 is 2.62 bits per heavy atom. The molecule has 0 amide bonds. The maximum atomic E-state index is 12.9. The third-order valence-electron chi connectivity index (χ3n) is 4.81. The van der Waals surface area contributed by atoms with Crippen LogP contribution in [0.15, 0.2) is 28.1 Å². The van der Waals surface area contributed by atoms with Gasteiger partial charge in [-0.1, -0.05) is 25.7 Å². The molecule has 1 saturated heterocycles. The van der Waals surface area contributed by atoms with Crippen molar-refractivity contribution in [3.05, 3.63) is 46.4 Å². The van der Waals surface area contributed by atoms with Crippen LogP contribution in [-0.2, 0) is 0 Å². The summed E-state index contributed by atoms with van der Waals surface area (Å²) in [7, 11) is 0. The van der Waals surface area contributed by atoms with Gasteiger partial charge in [0.25, 0.3) is 5.56 Å². The molecule has 6 heteroatoms. The summed E-state index contributed by atoms with van der Waals surface area (Å²) in [6, 6.07) is 0. The molecular weight excluding hydrogens is 328 g/mol. The van der Waals surface area contributed by atoms with E-state index in [2.05, 4.69) is 33.3 Å². The van der Waals surface area contributed by atoms with Gasteiger partial charge < -0.3 is 19.2 Å². The predicted molar refractivity (Wildman–Crippen MR) is 106 cm³/mol. The number of hydrogen-bond acceptors (Lipinski definition) is 5. The first kappa shape index (κ1) is 18.2. The normalized spacial score (nSPS) is 15.7. The van der Waals surface area contributed by atoms with Gasteiger partial charge in [-0.3, -0.25) is 4.79 Å². The lowest BCUT2D eigenvalue weighted by atomic mass is 10.0. The molecule has 1 fully saturated rings. The monoisotopic (exact) mass is 354 g/mol. The first-order valence-corrected chi connectivity index (χ1v) is 9.04. The van der Waals surface area contributed by atoms with E-state index < -0.39 is 0 Å². The SMILES string of the molecule is C=Cc1[nH]c(=O)c(-c2coc(C)n2)c(N2CCN(CC)CC2)c1/C=C/C. The number of anilines is 1. The molecule has 1 N–H and O–H groups in total. The number of piperazine rings is 1. The van der Waals surface area contributed by atoms with Crippen LogP contribution in [0.5, 0.6) is 0 Å². The molecule has 1 aliphatic heterocycles. The number of allylic oxidation sites excluding steroid dienone is 1. The van der Waals surface area contributed by atoms with Gasteiger partial charge in [0.05, 0.1) is 11.3 Å². The van der Waals surface area contributed by atoms with Gasteiger partial charge in [-0.25, -0.2) is 4.98 Å². The smallest absolute Gasteiger partial charge is 0.260 e. The highest BCUT2D eigenvalue weighted by Gasteiger charge is 2.26. The molecule has 0 aliphatic carbocycles. The fourth-order valence-corrected chi connectivity index (χ4v) is 3.45. The zero-order valence-electron chi connectivity index (χ0n) is 15.7. The van der Waals surface area contributed by atoms with Crippen molar-refractivity contribution in [1.29, 1.82) is 0 Å². The summed E-state index contributed by atoms with van der Waals surface area (Å²) in [6.07, 6.45) is 7.24. The van der Waals surface area contributed by atoms with Crippen molar-refractivity contribution in [3.63, 3.8) is 0 Å². The molecule has 1 aliphatic rings. The maximum Gasteiger partial charge on any atom is 0.260 e. The molecule has 0 bridgehead atoms. The molecular formula is C20H26N4O2. The third kappa shape index (κ3) is 3.37. The van der Waals surface area contributed by atoms with Gasteiger partial charge in [-0.05, 0) is 19.5 Å². The van der Waals surface area contributed by atoms with Gasteiger partial charge in [0.2, 0.25) is 0 Å². The zero-order chi connectivity index (χ0) is 18.7. The number of nitrogens with zero attached hydrogens (tertiary/aromatic N) is 3. The number of aryl methyl sites for hydroxylation is 1. The van der Waals surface area contributed by atoms with Crippen molar-refractivity contribution in [2.45, 2.75) is 20.8 Å². The van der Waals surface area contributed by atoms with E-state index >= 15 is 0 Å². The molecule has 0 radical (unpaired) electrons. The van der Waals surface area contributed by atoms with E-state index in [0.717, 1.165) is 49.7 Å². The minimum absolute atomic E-state index is 0.172. The Bertz CT molecular complexity index is 870. The number of aromatic amines is 1. The van der Waals surface area contributed by atoms with Crippen molar-refractivity contribution in [1.82, 2.24) is 14.9 Å². The molecule has 3 heterocycles. The number of nitrogens with one attached hydrogen (secondary N) is 1. The first-order chi connectivity index (χ1) is 12.6. The van der Waals surface area contributed by atoms with Crippen molar-refractivity contribution in [2.24, 2.45) is 0 Å². The van der Waals surface area contributed by atoms with Gasteiger partial charge >= 0.3 is 0 Å². The van der Waals surface area contributed by atoms with E-state index in [9.17, 15) is 4.79 Å². The topological polar surface area (TPSA) is 65.4 Å². The number of rotatable bonds is 5. The highest BCUT2D eigenvalue weighted by Crippen LogP contribution is 2.34. The average Bonchev–Trinajstić information content (AvgIpc) is 3.08. The zero-order valence-corrected chi connectivity index (χ0v) is 15.7. The molecule has 0 unspecified atom stereocenters. The minimum Gasteiger partial charge on any atom is -0.449 e. The number of hydrogen-bond donors (Lipinski definition) is 1. The molecule has 2 aromatic rings. The Morgan fingerprint density at radius 1 is 1.35 bits per heavy atom. The summed E-state index contributed by atoms with van der Waals surface area (Å²) >= 11 is 0. The summed E-state index contributed by atoms with van der Waals surface area (Å²) in [4.78, 5) is 24.9. The highest BCUT2D eigenvalue weighted by molar-refractivity contribution is 5.86. The second-order valence-corrected chi connectivity index (χ2v) is 6.38. The Balaban J connectivity index is 2.22. The predicted octanol–water partition coefficient (Wildman–Crippen LogP) is 3.16. The van der Waals surface area contributed by atoms with E-state index in [-0.39, 0.29) is 5.56 Å². The molecule has 138 valence electrons. The summed E-state index contributed by atoms with van der Waals surface area (Å²) in [5.41, 5.74) is 3.55. The third-order valence-corrected chi connectivity index (χ3v) is 4.81. The summed E-state index contributed by atoms with van der Waals surface area (Å²) in [6.45, 7) is 14.5. The standard InChI is InChI=1S/C20H26N4O2/c1-5-8-15-16(6-2)22-20(25)18(17-13-26-14(4)21-17)19(15)24-11-9-23(7-3)10-12-24/h5-6,8,13H,2,7,9-12H2,1,3-4H3,(H,22,25)/b8-5+. The van der Waals surface area contributed by atoms with E-state index in [1.54, 1.807) is 19.3 Å². The Hall–Kier alpha value is -2.60. The molecule has 0 atom stereocenters. The summed E-state index contributed by atoms with van der Waals surface area (Å²) in [5.74, 6) is 0.543. The van der Waals surface area contributed by atoms with Gasteiger partial charge in [0.15, 0.2) is 5.89 Å². The first-order valence-electron chi connectivity index (χ1n) is 9.04. The van der Waals surface area contributed by atoms with Crippen LogP contribution in [0.4, 0.5) is 5.69 Å². The quantitative estimate of drug-likeness (QED) is 0.893. The largest absolute Gasteiger partial charge is 0.449 e. The van der Waals surface area contributed by atoms with Crippen molar-refractivity contribution in [3.8, 4) is 11.3 Å². The van der Waals surface area contributed by atoms with Crippen LogP contribution in [-0.4, -0.2) is 47.6 Å². The molecule has 3 rings (SSSR count). The van der Waals surface area contributed by atoms with Crippen LogP contribution < -0.4 is 10.5 Å². The van der Waals surface area contributed by atoms with Crippen LogP contribution in [0.1, 0.15) is 31.0 Å². The van der Waals surface area contributed by atoms with Gasteiger partial charge in [-0.15, -0.1) is 0 Å². The number of likely N-dealkylation sites (N-methyl/N-ethyl adjacent to an activating group) is 1. The second-order valence-electron chi connectivity index (χ2n) is 6.38. The average molecular weight is 354 g/mol. The second kappa shape index (κ2) is 7.74. The fourth-order valence-electron chi connectivity index (χ4n) is 3.45. The van der Waals surface area contributed by atoms with Crippen molar-refractivity contribution >= 4 is 17.8 Å². The highest BCUT2D eigenvalue weighted by atomic mass is 16.3. The molecule has 0 aromatic carbocycles. The number of H-pyrrole nitrogens is 1. The van der Waals surface area contributed by atoms with Crippen molar-refractivity contribution in [2.75, 3.05) is 37.6 Å². The molecule has 0 spiro atoms. The summed E-state index contributed by atoms with van der Waals surface area (Å²) in [5, 5.41) is 0. The van der Waals surface area contributed by atoms with Crippen LogP contribution in [0.2, 0.25) is 0 Å². The summed E-state index contributed by atoms with van der Waals surface area (Å²) < 4.78 is 5.38. The molecule has 26 heavy (non-hydrogen) atoms. The van der Waals surface area contributed by atoms with Gasteiger partial charge in [-0.2, -0.15) is 0 Å². The fraction of sp³-hybridized carbons (Fsp3) is 0.400. The van der Waals surface area contributed by atoms with E-state index in [1.165, 1.54) is 0 Å². The minimum atomic E-state index is -0.172. The van der Waals surface area contributed by atoms with Crippen LogP contribution in [0, 0.1) is 6.92 Å². The molecule has 6 nitrogen and oxygen atoms in total. The molecule has 0 saturated carbocycles. The van der Waals surface area contributed by atoms with Crippen LogP contribution in [0.25, 0.3) is 23.4 Å². The Morgan fingerprint density at radius 2 is 2.08 bits per heavy atom. The van der Waals surface area contributed by atoms with Crippen LogP contribution in [0.3, 0.4) is 0 Å². The van der Waals surface area contributed by atoms with E-state index in [1.807, 2.05) is 19.1 Å². The number of pyridine rings is 1.